The van der Waals surface area contributed by atoms with Gasteiger partial charge in [0.15, 0.2) is 0 Å². The number of ether oxygens (including phenoxy) is 2. The maximum atomic E-state index is 12.9. The molecule has 1 heterocycles. The van der Waals surface area contributed by atoms with E-state index in [1.807, 2.05) is 25.1 Å². The lowest BCUT2D eigenvalue weighted by Crippen LogP contribution is -2.06. The molecule has 0 saturated carbocycles. The lowest BCUT2D eigenvalue weighted by Gasteiger charge is -2.15. The van der Waals surface area contributed by atoms with Crippen LogP contribution in [0, 0.1) is 11.3 Å². The van der Waals surface area contributed by atoms with Crippen molar-refractivity contribution in [3.8, 4) is 17.7 Å². The Morgan fingerprint density at radius 3 is 2.81 bits per heavy atom. The van der Waals surface area contributed by atoms with Crippen LogP contribution in [-0.4, -0.2) is 12.1 Å². The molecule has 1 aromatic carbocycles. The Balaban J connectivity index is 2.19. The highest BCUT2D eigenvalue weighted by atomic mass is 19.1. The van der Waals surface area contributed by atoms with E-state index in [0.717, 1.165) is 0 Å². The van der Waals surface area contributed by atoms with Gasteiger partial charge in [-0.2, -0.15) is 5.26 Å². The quantitative estimate of drug-likeness (QED) is 0.843. The molecule has 0 fully saturated rings. The van der Waals surface area contributed by atoms with Crippen LogP contribution in [0.15, 0.2) is 36.4 Å². The van der Waals surface area contributed by atoms with Crippen molar-refractivity contribution >= 4 is 0 Å². The van der Waals surface area contributed by atoms with Crippen LogP contribution >= 0.6 is 0 Å². The number of rotatable bonds is 5. The number of hydrogen-bond donors (Lipinski definition) is 0. The van der Waals surface area contributed by atoms with Crippen LogP contribution in [0.5, 0.6) is 11.6 Å². The minimum Gasteiger partial charge on any atom is -0.484 e. The topological polar surface area (TPSA) is 55.1 Å². The van der Waals surface area contributed by atoms with E-state index in [0.29, 0.717) is 28.5 Å². The van der Waals surface area contributed by atoms with E-state index in [4.69, 9.17) is 14.7 Å². The van der Waals surface area contributed by atoms with Gasteiger partial charge in [-0.1, -0.05) is 6.07 Å². The minimum absolute atomic E-state index is 0.317. The monoisotopic (exact) mass is 286 g/mol. The molecule has 1 unspecified atom stereocenters. The van der Waals surface area contributed by atoms with Gasteiger partial charge in [-0.15, -0.1) is 0 Å². The molecular formula is C16H15FN2O2. The molecule has 2 aromatic rings. The van der Waals surface area contributed by atoms with Crippen LogP contribution < -0.4 is 9.47 Å². The van der Waals surface area contributed by atoms with Gasteiger partial charge < -0.3 is 9.47 Å². The highest BCUT2D eigenvalue weighted by molar-refractivity contribution is 5.42. The van der Waals surface area contributed by atoms with E-state index in [-0.39, 0.29) is 6.10 Å². The molecule has 1 atom stereocenters. The molecule has 4 nitrogen and oxygen atoms in total. The van der Waals surface area contributed by atoms with E-state index in [2.05, 4.69) is 4.98 Å². The Bertz CT molecular complexity index is 668. The number of aromatic nitrogens is 1. The molecule has 0 spiro atoms. The number of methoxy groups -OCH3 is 1. The van der Waals surface area contributed by atoms with Gasteiger partial charge in [-0.05, 0) is 31.2 Å². The molecule has 0 aliphatic rings. The van der Waals surface area contributed by atoms with Crippen LogP contribution in [0.4, 0.5) is 4.39 Å². The zero-order valence-electron chi connectivity index (χ0n) is 11.8. The van der Waals surface area contributed by atoms with Crippen molar-refractivity contribution in [1.82, 2.24) is 4.98 Å². The number of nitriles is 1. The van der Waals surface area contributed by atoms with E-state index < -0.39 is 6.67 Å². The molecule has 0 radical (unpaired) electrons. The normalized spacial score (nSPS) is 11.5. The minimum atomic E-state index is -0.702. The summed E-state index contributed by atoms with van der Waals surface area (Å²) in [6, 6.07) is 12.1. The first-order valence-corrected chi connectivity index (χ1v) is 6.44. The number of nitrogens with zero attached hydrogens (tertiary/aromatic N) is 2. The summed E-state index contributed by atoms with van der Waals surface area (Å²) >= 11 is 0. The summed E-state index contributed by atoms with van der Waals surface area (Å²) in [4.78, 5) is 4.29. The number of pyridine rings is 1. The maximum absolute atomic E-state index is 12.9. The first kappa shape index (κ1) is 14.8. The van der Waals surface area contributed by atoms with Crippen molar-refractivity contribution in [2.24, 2.45) is 0 Å². The molecule has 0 aliphatic carbocycles. The molecule has 0 N–H and O–H groups in total. The van der Waals surface area contributed by atoms with Crippen LogP contribution in [0.25, 0.3) is 0 Å². The Kier molecular flexibility index (Phi) is 4.72. The third-order valence-corrected chi connectivity index (χ3v) is 3.02. The van der Waals surface area contributed by atoms with Crippen molar-refractivity contribution in [2.75, 3.05) is 7.11 Å². The molecule has 0 aliphatic heterocycles. The van der Waals surface area contributed by atoms with Crippen LogP contribution in [0.1, 0.15) is 29.8 Å². The van der Waals surface area contributed by atoms with Crippen molar-refractivity contribution in [1.29, 1.82) is 5.26 Å². The third kappa shape index (κ3) is 3.48. The van der Waals surface area contributed by atoms with Gasteiger partial charge in [0, 0.05) is 11.6 Å². The molecule has 0 bridgehead atoms. The lowest BCUT2D eigenvalue weighted by molar-refractivity contribution is 0.220. The lowest BCUT2D eigenvalue weighted by atomic mass is 10.1. The Hall–Kier alpha value is -2.61. The predicted molar refractivity (Wildman–Crippen MR) is 75.8 cm³/mol. The van der Waals surface area contributed by atoms with E-state index in [1.54, 1.807) is 25.3 Å². The highest BCUT2D eigenvalue weighted by Gasteiger charge is 2.11. The second-order valence-electron chi connectivity index (χ2n) is 4.43. The Labute approximate surface area is 122 Å². The predicted octanol–water partition coefficient (Wildman–Crippen LogP) is 3.57. The number of benzene rings is 1. The maximum Gasteiger partial charge on any atom is 0.213 e. The molecule has 21 heavy (non-hydrogen) atoms. The standard InChI is InChI=1S/C16H15FN2O2/c1-11(15-4-3-5-16(19-15)20-2)21-14-7-6-12(10-18)13(8-14)9-17/h3-8,11H,9H2,1-2H3. The third-order valence-electron chi connectivity index (χ3n) is 3.02. The van der Waals surface area contributed by atoms with Gasteiger partial charge in [0.2, 0.25) is 5.88 Å². The van der Waals surface area contributed by atoms with E-state index >= 15 is 0 Å². The van der Waals surface area contributed by atoms with Gasteiger partial charge >= 0.3 is 0 Å². The van der Waals surface area contributed by atoms with Crippen LogP contribution in [-0.2, 0) is 6.67 Å². The summed E-state index contributed by atoms with van der Waals surface area (Å²) in [5, 5.41) is 8.88. The Morgan fingerprint density at radius 1 is 1.33 bits per heavy atom. The first-order valence-electron chi connectivity index (χ1n) is 6.44. The van der Waals surface area contributed by atoms with E-state index in [9.17, 15) is 4.39 Å². The number of alkyl halides is 1. The second-order valence-corrected chi connectivity index (χ2v) is 4.43. The van der Waals surface area contributed by atoms with Gasteiger partial charge in [0.25, 0.3) is 0 Å². The van der Waals surface area contributed by atoms with Gasteiger partial charge in [-0.3, -0.25) is 0 Å². The summed E-state index contributed by atoms with van der Waals surface area (Å²) in [5.41, 5.74) is 1.35. The summed E-state index contributed by atoms with van der Waals surface area (Å²) in [6.07, 6.45) is -0.319. The second kappa shape index (κ2) is 6.71. The van der Waals surface area contributed by atoms with Gasteiger partial charge in [0.1, 0.15) is 18.5 Å². The Morgan fingerprint density at radius 2 is 2.14 bits per heavy atom. The fourth-order valence-electron chi connectivity index (χ4n) is 1.90. The van der Waals surface area contributed by atoms with Crippen molar-refractivity contribution < 1.29 is 13.9 Å². The van der Waals surface area contributed by atoms with Crippen molar-refractivity contribution in [3.63, 3.8) is 0 Å². The highest BCUT2D eigenvalue weighted by Crippen LogP contribution is 2.24. The van der Waals surface area contributed by atoms with Gasteiger partial charge in [0.05, 0.1) is 24.4 Å². The molecular weight excluding hydrogens is 271 g/mol. The summed E-state index contributed by atoms with van der Waals surface area (Å²) in [6.45, 7) is 1.14. The van der Waals surface area contributed by atoms with Crippen LogP contribution in [0.2, 0.25) is 0 Å². The number of hydrogen-bond acceptors (Lipinski definition) is 4. The SMILES string of the molecule is COc1cccc(C(C)Oc2ccc(C#N)c(CF)c2)n1. The molecule has 0 amide bonds. The van der Waals surface area contributed by atoms with Crippen molar-refractivity contribution in [3.05, 3.63) is 53.2 Å². The first-order chi connectivity index (χ1) is 10.2. The van der Waals surface area contributed by atoms with Gasteiger partial charge in [-0.25, -0.2) is 9.37 Å². The summed E-state index contributed by atoms with van der Waals surface area (Å²) < 4.78 is 23.7. The average molecular weight is 286 g/mol. The van der Waals surface area contributed by atoms with Crippen molar-refractivity contribution in [2.45, 2.75) is 19.7 Å². The smallest absolute Gasteiger partial charge is 0.213 e. The zero-order chi connectivity index (χ0) is 15.2. The molecule has 108 valence electrons. The average Bonchev–Trinajstić information content (AvgIpc) is 2.54. The fourth-order valence-corrected chi connectivity index (χ4v) is 1.90. The summed E-state index contributed by atoms with van der Waals surface area (Å²) in [7, 11) is 1.55. The number of halogens is 1. The fraction of sp³-hybridized carbons (Fsp3) is 0.250. The molecule has 5 heteroatoms. The van der Waals surface area contributed by atoms with Crippen LogP contribution in [0.3, 0.4) is 0 Å². The molecule has 0 saturated heterocycles. The van der Waals surface area contributed by atoms with E-state index in [1.165, 1.54) is 6.07 Å². The largest absolute Gasteiger partial charge is 0.484 e. The molecule has 2 rings (SSSR count). The summed E-state index contributed by atoms with van der Waals surface area (Å²) in [5.74, 6) is 1.01. The zero-order valence-corrected chi connectivity index (χ0v) is 11.8. The molecule has 1 aromatic heterocycles.